The molecule has 2 nitrogen and oxygen atoms in total. The van der Waals surface area contributed by atoms with Crippen LogP contribution in [0.4, 0.5) is 0 Å². The number of piperidine rings is 1. The summed E-state index contributed by atoms with van der Waals surface area (Å²) in [5.74, 6) is 2.64. The fourth-order valence-electron chi connectivity index (χ4n) is 2.78. The van der Waals surface area contributed by atoms with Gasteiger partial charge in [0.1, 0.15) is 11.5 Å². The highest BCUT2D eigenvalue weighted by Crippen LogP contribution is 2.24. The molecule has 3 rings (SSSR count). The molecule has 2 aromatic carbocycles. The van der Waals surface area contributed by atoms with E-state index in [2.05, 4.69) is 23.5 Å². The number of nitrogens with one attached hydrogen (secondary N) is 1. The summed E-state index contributed by atoms with van der Waals surface area (Å²) in [5, 5.41) is 3.42. The Kier molecular flexibility index (Phi) is 4.34. The Labute approximate surface area is 120 Å². The highest BCUT2D eigenvalue weighted by atomic mass is 16.5. The number of rotatable bonds is 4. The average Bonchev–Trinajstić information content (AvgIpc) is 2.50. The smallest absolute Gasteiger partial charge is 0.127 e. The fraction of sp³-hybridized carbons (Fsp3) is 0.333. The van der Waals surface area contributed by atoms with Crippen LogP contribution < -0.4 is 10.1 Å². The van der Waals surface area contributed by atoms with Crippen LogP contribution >= 0.6 is 0 Å². The lowest BCUT2D eigenvalue weighted by Crippen LogP contribution is -2.28. The maximum absolute atomic E-state index is 5.90. The van der Waals surface area contributed by atoms with Crippen molar-refractivity contribution in [1.82, 2.24) is 5.32 Å². The van der Waals surface area contributed by atoms with Gasteiger partial charge in [0, 0.05) is 0 Å². The van der Waals surface area contributed by atoms with E-state index in [0.29, 0.717) is 0 Å². The van der Waals surface area contributed by atoms with Gasteiger partial charge in [-0.1, -0.05) is 30.3 Å². The zero-order valence-electron chi connectivity index (χ0n) is 11.7. The quantitative estimate of drug-likeness (QED) is 0.903. The van der Waals surface area contributed by atoms with Gasteiger partial charge in [0.25, 0.3) is 0 Å². The van der Waals surface area contributed by atoms with E-state index >= 15 is 0 Å². The zero-order chi connectivity index (χ0) is 13.6. The Balaban J connectivity index is 1.66. The Morgan fingerprint density at radius 1 is 0.900 bits per heavy atom. The van der Waals surface area contributed by atoms with Gasteiger partial charge in [-0.05, 0) is 68.1 Å². The summed E-state index contributed by atoms with van der Waals surface area (Å²) in [6.07, 6.45) is 3.72. The van der Waals surface area contributed by atoms with Gasteiger partial charge in [-0.15, -0.1) is 0 Å². The molecular weight excluding hydrogens is 246 g/mol. The minimum Gasteiger partial charge on any atom is -0.457 e. The topological polar surface area (TPSA) is 21.3 Å². The molecule has 0 spiro atoms. The largest absolute Gasteiger partial charge is 0.457 e. The molecule has 0 aromatic heterocycles. The number of hydrogen-bond acceptors (Lipinski definition) is 2. The molecule has 0 amide bonds. The highest BCUT2D eigenvalue weighted by molar-refractivity contribution is 5.34. The van der Waals surface area contributed by atoms with Gasteiger partial charge in [0.05, 0.1) is 0 Å². The zero-order valence-corrected chi connectivity index (χ0v) is 11.7. The van der Waals surface area contributed by atoms with E-state index in [1.807, 2.05) is 36.4 Å². The predicted octanol–water partition coefficient (Wildman–Crippen LogP) is 4.02. The molecule has 2 heteroatoms. The van der Waals surface area contributed by atoms with Crippen molar-refractivity contribution in [3.05, 3.63) is 60.2 Å². The maximum atomic E-state index is 5.90. The predicted molar refractivity (Wildman–Crippen MR) is 82.3 cm³/mol. The van der Waals surface area contributed by atoms with E-state index < -0.39 is 0 Å². The summed E-state index contributed by atoms with van der Waals surface area (Å²) < 4.78 is 5.90. The first-order chi connectivity index (χ1) is 9.90. The Hall–Kier alpha value is -1.80. The van der Waals surface area contributed by atoms with Crippen LogP contribution in [0.1, 0.15) is 18.4 Å². The standard InChI is InChI=1S/C18H21NO/c1-2-6-17(7-3-1)20-18-8-4-5-16(14-18)13-15-9-11-19-12-10-15/h1-8,14-15,19H,9-13H2. The first kappa shape index (κ1) is 13.2. The van der Waals surface area contributed by atoms with Gasteiger partial charge in [-0.3, -0.25) is 0 Å². The lowest BCUT2D eigenvalue weighted by molar-refractivity contribution is 0.372. The van der Waals surface area contributed by atoms with Gasteiger partial charge < -0.3 is 10.1 Å². The van der Waals surface area contributed by atoms with Crippen LogP contribution in [0.2, 0.25) is 0 Å². The second-order valence-corrected chi connectivity index (χ2v) is 5.46. The summed E-state index contributed by atoms with van der Waals surface area (Å²) >= 11 is 0. The first-order valence-corrected chi connectivity index (χ1v) is 7.43. The lowest BCUT2D eigenvalue weighted by atomic mass is 9.91. The van der Waals surface area contributed by atoms with E-state index in [0.717, 1.165) is 36.9 Å². The molecule has 2 aromatic rings. The van der Waals surface area contributed by atoms with E-state index in [4.69, 9.17) is 4.74 Å². The molecule has 1 aliphatic heterocycles. The van der Waals surface area contributed by atoms with Crippen molar-refractivity contribution in [2.24, 2.45) is 5.92 Å². The molecule has 0 unspecified atom stereocenters. The molecule has 0 bridgehead atoms. The summed E-state index contributed by atoms with van der Waals surface area (Å²) in [6, 6.07) is 18.5. The van der Waals surface area contributed by atoms with Gasteiger partial charge >= 0.3 is 0 Å². The normalized spacial score (nSPS) is 16.0. The summed E-state index contributed by atoms with van der Waals surface area (Å²) in [7, 11) is 0. The monoisotopic (exact) mass is 267 g/mol. The SMILES string of the molecule is c1ccc(Oc2cccc(CC3CCNCC3)c2)cc1. The van der Waals surface area contributed by atoms with Crippen LogP contribution in [0, 0.1) is 5.92 Å². The highest BCUT2D eigenvalue weighted by Gasteiger charge is 2.13. The number of benzene rings is 2. The van der Waals surface area contributed by atoms with E-state index in [9.17, 15) is 0 Å². The molecule has 1 saturated heterocycles. The first-order valence-electron chi connectivity index (χ1n) is 7.43. The number of para-hydroxylation sites is 1. The molecule has 1 N–H and O–H groups in total. The molecule has 1 heterocycles. The average molecular weight is 267 g/mol. The number of hydrogen-bond donors (Lipinski definition) is 1. The summed E-state index contributed by atoms with van der Waals surface area (Å²) in [5.41, 5.74) is 1.38. The van der Waals surface area contributed by atoms with Crippen molar-refractivity contribution in [3.63, 3.8) is 0 Å². The minimum atomic E-state index is 0.809. The van der Waals surface area contributed by atoms with E-state index in [1.54, 1.807) is 0 Å². The Bertz CT molecular complexity index is 532. The minimum absolute atomic E-state index is 0.809. The van der Waals surface area contributed by atoms with Crippen LogP contribution in [0.25, 0.3) is 0 Å². The van der Waals surface area contributed by atoms with Gasteiger partial charge in [0.15, 0.2) is 0 Å². The van der Waals surface area contributed by atoms with Crippen molar-refractivity contribution in [2.75, 3.05) is 13.1 Å². The second-order valence-electron chi connectivity index (χ2n) is 5.46. The molecule has 0 radical (unpaired) electrons. The van der Waals surface area contributed by atoms with Crippen molar-refractivity contribution in [3.8, 4) is 11.5 Å². The van der Waals surface area contributed by atoms with Crippen LogP contribution in [-0.2, 0) is 6.42 Å². The maximum Gasteiger partial charge on any atom is 0.127 e. The van der Waals surface area contributed by atoms with Gasteiger partial charge in [-0.2, -0.15) is 0 Å². The molecule has 0 aliphatic carbocycles. The van der Waals surface area contributed by atoms with Crippen LogP contribution in [0.3, 0.4) is 0 Å². The Morgan fingerprint density at radius 2 is 1.65 bits per heavy atom. The lowest BCUT2D eigenvalue weighted by Gasteiger charge is -2.22. The molecule has 0 atom stereocenters. The third-order valence-electron chi connectivity index (χ3n) is 3.86. The third kappa shape index (κ3) is 3.61. The van der Waals surface area contributed by atoms with E-state index in [1.165, 1.54) is 18.4 Å². The van der Waals surface area contributed by atoms with E-state index in [-0.39, 0.29) is 0 Å². The molecule has 0 saturated carbocycles. The molecule has 20 heavy (non-hydrogen) atoms. The molecule has 104 valence electrons. The van der Waals surface area contributed by atoms with Gasteiger partial charge in [0.2, 0.25) is 0 Å². The van der Waals surface area contributed by atoms with Crippen LogP contribution in [-0.4, -0.2) is 13.1 Å². The second kappa shape index (κ2) is 6.58. The van der Waals surface area contributed by atoms with Crippen LogP contribution in [0.15, 0.2) is 54.6 Å². The number of ether oxygens (including phenoxy) is 1. The fourth-order valence-corrected chi connectivity index (χ4v) is 2.78. The van der Waals surface area contributed by atoms with Crippen molar-refractivity contribution in [2.45, 2.75) is 19.3 Å². The summed E-state index contributed by atoms with van der Waals surface area (Å²) in [6.45, 7) is 2.32. The molecule has 1 aliphatic rings. The Morgan fingerprint density at radius 3 is 2.45 bits per heavy atom. The van der Waals surface area contributed by atoms with Crippen molar-refractivity contribution >= 4 is 0 Å². The molecular formula is C18H21NO. The molecule has 1 fully saturated rings. The van der Waals surface area contributed by atoms with Crippen LogP contribution in [0.5, 0.6) is 11.5 Å². The van der Waals surface area contributed by atoms with Gasteiger partial charge in [-0.25, -0.2) is 0 Å². The van der Waals surface area contributed by atoms with Crippen molar-refractivity contribution in [1.29, 1.82) is 0 Å². The van der Waals surface area contributed by atoms with Crippen molar-refractivity contribution < 1.29 is 4.74 Å². The summed E-state index contributed by atoms with van der Waals surface area (Å²) in [4.78, 5) is 0. The third-order valence-corrected chi connectivity index (χ3v) is 3.86.